The molecular formula is C15H28N2O2. The zero-order valence-electron chi connectivity index (χ0n) is 12.7. The molecule has 0 radical (unpaired) electrons. The fourth-order valence-corrected chi connectivity index (χ4v) is 3.13. The topological polar surface area (TPSA) is 41.6 Å². The van der Waals surface area contributed by atoms with Gasteiger partial charge in [-0.15, -0.1) is 0 Å². The van der Waals surface area contributed by atoms with Gasteiger partial charge in [0.25, 0.3) is 0 Å². The average molecular weight is 268 g/mol. The third kappa shape index (κ3) is 3.85. The summed E-state index contributed by atoms with van der Waals surface area (Å²) in [6, 6.07) is 0.384. The molecule has 1 aliphatic heterocycles. The van der Waals surface area contributed by atoms with Crippen LogP contribution < -0.4 is 5.32 Å². The van der Waals surface area contributed by atoms with Crippen LogP contribution in [0.3, 0.4) is 0 Å². The second-order valence-electron chi connectivity index (χ2n) is 7.06. The fourth-order valence-electron chi connectivity index (χ4n) is 3.13. The first-order chi connectivity index (χ1) is 8.87. The molecule has 1 N–H and O–H groups in total. The number of ether oxygens (including phenoxy) is 1. The van der Waals surface area contributed by atoms with Crippen molar-refractivity contribution in [2.45, 2.75) is 58.1 Å². The molecule has 2 fully saturated rings. The maximum atomic E-state index is 12.0. The molecule has 0 aromatic rings. The smallest absolute Gasteiger partial charge is 0.410 e. The summed E-state index contributed by atoms with van der Waals surface area (Å²) in [6.07, 6.45) is 4.73. The Hall–Kier alpha value is -0.770. The van der Waals surface area contributed by atoms with Crippen LogP contribution in [0.4, 0.5) is 4.79 Å². The number of hydrogen-bond acceptors (Lipinski definition) is 3. The van der Waals surface area contributed by atoms with Crippen LogP contribution in [0.5, 0.6) is 0 Å². The van der Waals surface area contributed by atoms with E-state index in [4.69, 9.17) is 4.74 Å². The molecule has 0 aromatic heterocycles. The molecule has 2 aliphatic rings. The molecular weight excluding hydrogens is 240 g/mol. The summed E-state index contributed by atoms with van der Waals surface area (Å²) in [4.78, 5) is 13.8. The highest BCUT2D eigenvalue weighted by Gasteiger charge is 2.39. The molecule has 110 valence electrons. The van der Waals surface area contributed by atoms with Crippen LogP contribution in [0, 0.1) is 11.8 Å². The lowest BCUT2D eigenvalue weighted by molar-refractivity contribution is -0.00230. The standard InChI is InChI=1S/C15H28N2O2/c1-15(2,3)19-14(18)17(4)13-9-12(10-13)11-5-7-16-8-6-11/h11-13,16H,5-10H2,1-4H3. The minimum Gasteiger partial charge on any atom is -0.444 e. The first kappa shape index (κ1) is 14.6. The number of hydrogen-bond donors (Lipinski definition) is 1. The number of carbonyl (C=O) groups excluding carboxylic acids is 1. The van der Waals surface area contributed by atoms with Crippen LogP contribution in [-0.2, 0) is 4.74 Å². The van der Waals surface area contributed by atoms with Gasteiger partial charge in [-0.05, 0) is 71.4 Å². The van der Waals surface area contributed by atoms with Gasteiger partial charge in [-0.2, -0.15) is 0 Å². The van der Waals surface area contributed by atoms with Gasteiger partial charge in [0.05, 0.1) is 0 Å². The Kier molecular flexibility index (Phi) is 4.39. The Morgan fingerprint density at radius 3 is 2.26 bits per heavy atom. The van der Waals surface area contributed by atoms with Crippen molar-refractivity contribution >= 4 is 6.09 Å². The van der Waals surface area contributed by atoms with Crippen molar-refractivity contribution in [1.29, 1.82) is 0 Å². The summed E-state index contributed by atoms with van der Waals surface area (Å²) in [5.41, 5.74) is -0.399. The molecule has 2 rings (SSSR count). The summed E-state index contributed by atoms with van der Waals surface area (Å²) in [6.45, 7) is 8.06. The van der Waals surface area contributed by atoms with Crippen molar-refractivity contribution in [3.8, 4) is 0 Å². The van der Waals surface area contributed by atoms with Gasteiger partial charge in [-0.1, -0.05) is 0 Å². The Bertz CT molecular complexity index is 313. The highest BCUT2D eigenvalue weighted by atomic mass is 16.6. The molecule has 1 saturated heterocycles. The summed E-state index contributed by atoms with van der Waals surface area (Å²) in [5.74, 6) is 1.68. The third-order valence-corrected chi connectivity index (χ3v) is 4.43. The number of rotatable bonds is 2. The van der Waals surface area contributed by atoms with Crippen molar-refractivity contribution < 1.29 is 9.53 Å². The normalized spacial score (nSPS) is 28.6. The van der Waals surface area contributed by atoms with E-state index >= 15 is 0 Å². The zero-order valence-corrected chi connectivity index (χ0v) is 12.7. The molecule has 4 heteroatoms. The molecule has 1 aliphatic carbocycles. The highest BCUT2D eigenvalue weighted by molar-refractivity contribution is 5.68. The maximum Gasteiger partial charge on any atom is 0.410 e. The molecule has 1 amide bonds. The van der Waals surface area contributed by atoms with Gasteiger partial charge in [-0.25, -0.2) is 4.79 Å². The van der Waals surface area contributed by atoms with Gasteiger partial charge >= 0.3 is 6.09 Å². The zero-order chi connectivity index (χ0) is 14.0. The van der Waals surface area contributed by atoms with E-state index in [1.807, 2.05) is 27.8 Å². The monoisotopic (exact) mass is 268 g/mol. The third-order valence-electron chi connectivity index (χ3n) is 4.43. The van der Waals surface area contributed by atoms with Crippen molar-refractivity contribution in [1.82, 2.24) is 10.2 Å². The number of amides is 1. The Labute approximate surface area is 116 Å². The number of nitrogens with zero attached hydrogens (tertiary/aromatic N) is 1. The molecule has 1 heterocycles. The van der Waals surface area contributed by atoms with E-state index in [-0.39, 0.29) is 6.09 Å². The molecule has 19 heavy (non-hydrogen) atoms. The fraction of sp³-hybridized carbons (Fsp3) is 0.933. The van der Waals surface area contributed by atoms with E-state index in [1.54, 1.807) is 4.90 Å². The molecule has 0 spiro atoms. The summed E-state index contributed by atoms with van der Waals surface area (Å²) < 4.78 is 5.41. The van der Waals surface area contributed by atoms with Crippen molar-refractivity contribution in [3.63, 3.8) is 0 Å². The first-order valence-electron chi connectivity index (χ1n) is 7.53. The summed E-state index contributed by atoms with van der Waals surface area (Å²) >= 11 is 0. The Morgan fingerprint density at radius 2 is 1.74 bits per heavy atom. The number of carbonyl (C=O) groups is 1. The van der Waals surface area contributed by atoms with Gasteiger partial charge < -0.3 is 15.0 Å². The van der Waals surface area contributed by atoms with Crippen molar-refractivity contribution in [2.24, 2.45) is 11.8 Å². The van der Waals surface area contributed by atoms with Crippen molar-refractivity contribution in [3.05, 3.63) is 0 Å². The second-order valence-corrected chi connectivity index (χ2v) is 7.06. The Balaban J connectivity index is 1.74. The predicted molar refractivity (Wildman–Crippen MR) is 76.1 cm³/mol. The molecule has 0 aromatic carbocycles. The highest BCUT2D eigenvalue weighted by Crippen LogP contribution is 2.40. The lowest BCUT2D eigenvalue weighted by Crippen LogP contribution is -2.50. The minimum absolute atomic E-state index is 0.179. The lowest BCUT2D eigenvalue weighted by Gasteiger charge is -2.45. The maximum absolute atomic E-state index is 12.0. The van der Waals surface area contributed by atoms with Gasteiger partial charge in [-0.3, -0.25) is 0 Å². The van der Waals surface area contributed by atoms with E-state index in [9.17, 15) is 4.79 Å². The largest absolute Gasteiger partial charge is 0.444 e. The van der Waals surface area contributed by atoms with Crippen LogP contribution in [0.15, 0.2) is 0 Å². The van der Waals surface area contributed by atoms with Gasteiger partial charge in [0.15, 0.2) is 0 Å². The van der Waals surface area contributed by atoms with E-state index in [0.29, 0.717) is 6.04 Å². The van der Waals surface area contributed by atoms with Crippen LogP contribution in [-0.4, -0.2) is 42.8 Å². The van der Waals surface area contributed by atoms with Crippen LogP contribution in [0.25, 0.3) is 0 Å². The Morgan fingerprint density at radius 1 is 1.16 bits per heavy atom. The number of piperidine rings is 1. The molecule has 0 unspecified atom stereocenters. The molecule has 1 saturated carbocycles. The molecule has 0 bridgehead atoms. The summed E-state index contributed by atoms with van der Waals surface area (Å²) in [7, 11) is 1.87. The first-order valence-corrected chi connectivity index (χ1v) is 7.53. The van der Waals surface area contributed by atoms with Gasteiger partial charge in [0.1, 0.15) is 5.60 Å². The van der Waals surface area contributed by atoms with E-state index < -0.39 is 5.60 Å². The van der Waals surface area contributed by atoms with Crippen LogP contribution in [0.1, 0.15) is 46.5 Å². The average Bonchev–Trinajstić information content (AvgIpc) is 2.26. The lowest BCUT2D eigenvalue weighted by atomic mass is 9.69. The minimum atomic E-state index is -0.399. The van der Waals surface area contributed by atoms with Gasteiger partial charge in [0.2, 0.25) is 0 Å². The van der Waals surface area contributed by atoms with E-state index in [0.717, 1.165) is 37.8 Å². The van der Waals surface area contributed by atoms with E-state index in [2.05, 4.69) is 5.32 Å². The van der Waals surface area contributed by atoms with Gasteiger partial charge in [0, 0.05) is 13.1 Å². The second kappa shape index (κ2) is 5.70. The molecule has 4 nitrogen and oxygen atoms in total. The van der Waals surface area contributed by atoms with Crippen LogP contribution in [0.2, 0.25) is 0 Å². The SMILES string of the molecule is CN(C(=O)OC(C)(C)C)C1CC(C2CCNCC2)C1. The summed E-state index contributed by atoms with van der Waals surface area (Å²) in [5, 5.41) is 3.41. The predicted octanol–water partition coefficient (Wildman–Crippen LogP) is 2.63. The van der Waals surface area contributed by atoms with E-state index in [1.165, 1.54) is 12.8 Å². The number of nitrogens with one attached hydrogen (secondary N) is 1. The molecule has 0 atom stereocenters. The quantitative estimate of drug-likeness (QED) is 0.837. The van der Waals surface area contributed by atoms with Crippen molar-refractivity contribution in [2.75, 3.05) is 20.1 Å². The van der Waals surface area contributed by atoms with Crippen LogP contribution >= 0.6 is 0 Å².